The summed E-state index contributed by atoms with van der Waals surface area (Å²) >= 11 is 0. The number of aliphatic hydroxyl groups is 1. The lowest BCUT2D eigenvalue weighted by molar-refractivity contribution is 0.0374. The van der Waals surface area contributed by atoms with Crippen LogP contribution in [0, 0.1) is 6.92 Å². The van der Waals surface area contributed by atoms with Gasteiger partial charge in [0.25, 0.3) is 0 Å². The van der Waals surface area contributed by atoms with Crippen molar-refractivity contribution in [3.05, 3.63) is 59.7 Å². The summed E-state index contributed by atoms with van der Waals surface area (Å²) in [6.07, 6.45) is -1.65. The van der Waals surface area contributed by atoms with Crippen LogP contribution in [0.25, 0.3) is 0 Å². The van der Waals surface area contributed by atoms with Crippen LogP contribution in [-0.4, -0.2) is 51.5 Å². The predicted molar refractivity (Wildman–Crippen MR) is 133 cm³/mol. The van der Waals surface area contributed by atoms with Crippen LogP contribution in [0.4, 0.5) is 0 Å². The van der Waals surface area contributed by atoms with E-state index in [-0.39, 0.29) is 9.93 Å². The molecule has 4 atom stereocenters. The smallest absolute Gasteiger partial charge is 0.244 e. The zero-order valence-corrected chi connectivity index (χ0v) is 22.7. The Labute approximate surface area is 199 Å². The van der Waals surface area contributed by atoms with Crippen LogP contribution < -0.4 is 4.74 Å². The molecule has 0 saturated carbocycles. The molecule has 1 aliphatic rings. The van der Waals surface area contributed by atoms with Gasteiger partial charge in [-0.25, -0.2) is 8.42 Å². The lowest BCUT2D eigenvalue weighted by Gasteiger charge is -2.40. The van der Waals surface area contributed by atoms with E-state index in [1.54, 1.807) is 43.5 Å². The van der Waals surface area contributed by atoms with E-state index in [1.807, 2.05) is 26.0 Å². The van der Waals surface area contributed by atoms with Gasteiger partial charge in [-0.2, -0.15) is 4.31 Å². The second-order valence-corrected chi connectivity index (χ2v) is 17.0. The number of hydrogen-bond donors (Lipinski definition) is 1. The highest BCUT2D eigenvalue weighted by Gasteiger charge is 2.55. The molecule has 1 heterocycles. The minimum Gasteiger partial charge on any atom is -0.497 e. The standard InChI is InChI=1S/C25H37NO5SSi/c1-17-9-15-21(16-10-17)32(28,29)26-18(2)24(31-33(7,8)25(3,4)5)23(27)22(26)19-11-13-20(30-6)14-12-19/h9-16,18,22-24,27H,1-8H3/t18-,22-,23-,24-/m0/s1. The van der Waals surface area contributed by atoms with Crippen LogP contribution in [0.1, 0.15) is 44.9 Å². The van der Waals surface area contributed by atoms with E-state index in [1.165, 1.54) is 4.31 Å². The highest BCUT2D eigenvalue weighted by Crippen LogP contribution is 2.46. The van der Waals surface area contributed by atoms with Crippen LogP contribution >= 0.6 is 0 Å². The number of sulfonamides is 1. The Morgan fingerprint density at radius 3 is 2.03 bits per heavy atom. The summed E-state index contributed by atoms with van der Waals surface area (Å²) in [5.74, 6) is 0.668. The zero-order chi connectivity index (χ0) is 24.8. The summed E-state index contributed by atoms with van der Waals surface area (Å²) in [4.78, 5) is 0.207. The van der Waals surface area contributed by atoms with Crippen LogP contribution in [0.2, 0.25) is 18.1 Å². The Balaban J connectivity index is 2.11. The van der Waals surface area contributed by atoms with Gasteiger partial charge in [0.1, 0.15) is 11.9 Å². The fourth-order valence-corrected chi connectivity index (χ4v) is 7.24. The number of benzene rings is 2. The first-order valence-electron chi connectivity index (χ1n) is 11.3. The van der Waals surface area contributed by atoms with Gasteiger partial charge >= 0.3 is 0 Å². The number of rotatable bonds is 6. The Kier molecular flexibility index (Phi) is 7.18. The van der Waals surface area contributed by atoms with Crippen molar-refractivity contribution in [2.75, 3.05) is 7.11 Å². The maximum atomic E-state index is 13.9. The van der Waals surface area contributed by atoms with Gasteiger partial charge in [-0.3, -0.25) is 0 Å². The third-order valence-corrected chi connectivity index (χ3v) is 13.6. The summed E-state index contributed by atoms with van der Waals surface area (Å²) in [7, 11) is -4.59. The molecule has 33 heavy (non-hydrogen) atoms. The lowest BCUT2D eigenvalue weighted by atomic mass is 10.0. The van der Waals surface area contributed by atoms with Crippen molar-refractivity contribution < 1.29 is 22.7 Å². The van der Waals surface area contributed by atoms with Gasteiger partial charge in [0.2, 0.25) is 10.0 Å². The van der Waals surface area contributed by atoms with Crippen LogP contribution in [-0.2, 0) is 14.4 Å². The summed E-state index contributed by atoms with van der Waals surface area (Å²) < 4.78 is 41.0. The number of nitrogens with zero attached hydrogens (tertiary/aromatic N) is 1. The molecule has 6 nitrogen and oxygen atoms in total. The van der Waals surface area contributed by atoms with Crippen molar-refractivity contribution in [1.29, 1.82) is 0 Å². The number of methoxy groups -OCH3 is 1. The third kappa shape index (κ3) is 4.91. The molecule has 0 bridgehead atoms. The summed E-state index contributed by atoms with van der Waals surface area (Å²) in [5.41, 5.74) is 1.68. The SMILES string of the molecule is COc1ccc([C@H]2[C@H](O)[C@@H](O[Si](C)(C)C(C)(C)C)[C@H](C)N2S(=O)(=O)c2ccc(C)cc2)cc1. The van der Waals surface area contributed by atoms with Gasteiger partial charge in [0, 0.05) is 0 Å². The summed E-state index contributed by atoms with van der Waals surface area (Å²) in [6, 6.07) is 12.7. The highest BCUT2D eigenvalue weighted by molar-refractivity contribution is 7.89. The van der Waals surface area contributed by atoms with Gasteiger partial charge in [-0.15, -0.1) is 0 Å². The summed E-state index contributed by atoms with van der Waals surface area (Å²) in [5, 5.41) is 11.4. The number of ether oxygens (including phenoxy) is 1. The topological polar surface area (TPSA) is 76.1 Å². The lowest BCUT2D eigenvalue weighted by Crippen LogP contribution is -2.49. The first-order valence-corrected chi connectivity index (χ1v) is 15.7. The second-order valence-electron chi connectivity index (χ2n) is 10.4. The Morgan fingerprint density at radius 2 is 1.55 bits per heavy atom. The van der Waals surface area contributed by atoms with Crippen molar-refractivity contribution in [2.45, 2.75) is 81.9 Å². The average Bonchev–Trinajstić information content (AvgIpc) is 2.98. The molecule has 0 aliphatic carbocycles. The normalized spacial score (nSPS) is 24.8. The van der Waals surface area contributed by atoms with Crippen molar-refractivity contribution in [2.24, 2.45) is 0 Å². The van der Waals surface area contributed by atoms with E-state index in [9.17, 15) is 13.5 Å². The quantitative estimate of drug-likeness (QED) is 0.582. The molecule has 8 heteroatoms. The zero-order valence-electron chi connectivity index (χ0n) is 20.9. The van der Waals surface area contributed by atoms with E-state index < -0.39 is 42.6 Å². The molecule has 1 N–H and O–H groups in total. The molecule has 2 aromatic rings. The molecule has 1 fully saturated rings. The molecular formula is C25H37NO5SSi. The second kappa shape index (κ2) is 9.15. The van der Waals surface area contributed by atoms with Crippen LogP contribution in [0.5, 0.6) is 5.75 Å². The maximum absolute atomic E-state index is 13.9. The van der Waals surface area contributed by atoms with Crippen LogP contribution in [0.15, 0.2) is 53.4 Å². The monoisotopic (exact) mass is 491 g/mol. The Morgan fingerprint density at radius 1 is 1.00 bits per heavy atom. The van der Waals surface area contributed by atoms with E-state index in [4.69, 9.17) is 9.16 Å². The van der Waals surface area contributed by atoms with Gasteiger partial charge in [-0.1, -0.05) is 50.6 Å². The van der Waals surface area contributed by atoms with Crippen molar-refractivity contribution in [3.63, 3.8) is 0 Å². The average molecular weight is 492 g/mol. The maximum Gasteiger partial charge on any atom is 0.244 e. The first-order chi connectivity index (χ1) is 15.2. The Bertz CT molecular complexity index is 1060. The Hall–Kier alpha value is -1.71. The van der Waals surface area contributed by atoms with Crippen LogP contribution in [0.3, 0.4) is 0 Å². The first kappa shape index (κ1) is 25.9. The van der Waals surface area contributed by atoms with Crippen molar-refractivity contribution in [1.82, 2.24) is 4.31 Å². The predicted octanol–water partition coefficient (Wildman–Crippen LogP) is 4.89. The molecule has 1 saturated heterocycles. The van der Waals surface area contributed by atoms with E-state index in [0.29, 0.717) is 11.3 Å². The largest absolute Gasteiger partial charge is 0.497 e. The summed E-state index contributed by atoms with van der Waals surface area (Å²) in [6.45, 7) is 14.4. The molecule has 3 rings (SSSR count). The molecule has 1 aliphatic heterocycles. The third-order valence-electron chi connectivity index (χ3n) is 7.10. The van der Waals surface area contributed by atoms with E-state index in [0.717, 1.165) is 5.56 Å². The number of aliphatic hydroxyl groups excluding tert-OH is 1. The molecule has 0 amide bonds. The molecule has 182 valence electrons. The molecule has 0 radical (unpaired) electrons. The highest BCUT2D eigenvalue weighted by atomic mass is 32.2. The fraction of sp³-hybridized carbons (Fsp3) is 0.520. The van der Waals surface area contributed by atoms with E-state index >= 15 is 0 Å². The van der Waals surface area contributed by atoms with Crippen molar-refractivity contribution in [3.8, 4) is 5.75 Å². The van der Waals surface area contributed by atoms with Gasteiger partial charge in [0.15, 0.2) is 8.32 Å². The minimum atomic E-state index is -3.90. The van der Waals surface area contributed by atoms with E-state index in [2.05, 4.69) is 33.9 Å². The van der Waals surface area contributed by atoms with Gasteiger partial charge in [0.05, 0.1) is 30.2 Å². The minimum absolute atomic E-state index is 0.0781. The molecule has 2 aromatic carbocycles. The fourth-order valence-electron chi connectivity index (χ4n) is 4.04. The van der Waals surface area contributed by atoms with Gasteiger partial charge < -0.3 is 14.3 Å². The molecule has 0 aromatic heterocycles. The van der Waals surface area contributed by atoms with Gasteiger partial charge in [-0.05, 0) is 61.8 Å². The molecular weight excluding hydrogens is 454 g/mol. The molecule has 0 unspecified atom stereocenters. The number of aryl methyl sites for hydroxylation is 1. The van der Waals surface area contributed by atoms with Crippen molar-refractivity contribution >= 4 is 18.3 Å². The molecule has 0 spiro atoms. The number of hydrogen-bond acceptors (Lipinski definition) is 5.